The van der Waals surface area contributed by atoms with Gasteiger partial charge in [-0.1, -0.05) is 0 Å². The maximum atomic E-state index is 11.8. The molecule has 0 saturated carbocycles. The topological polar surface area (TPSA) is 73.1 Å². The Balaban J connectivity index is 2.65. The fourth-order valence-corrected chi connectivity index (χ4v) is 1.79. The van der Waals surface area contributed by atoms with Gasteiger partial charge >= 0.3 is 5.97 Å². The van der Waals surface area contributed by atoms with Gasteiger partial charge in [0.05, 0.1) is 32.0 Å². The average Bonchev–Trinajstić information content (AvgIpc) is 2.82. The highest BCUT2D eigenvalue weighted by molar-refractivity contribution is 5.97. The van der Waals surface area contributed by atoms with Crippen LogP contribution in [0.5, 0.6) is 5.88 Å². The number of carbonyl (C=O) groups excluding carboxylic acids is 1. The molecular formula is C12H14N2O4. The van der Waals surface area contributed by atoms with Crippen molar-refractivity contribution >= 4 is 11.5 Å². The van der Waals surface area contributed by atoms with Crippen LogP contribution >= 0.6 is 0 Å². The Morgan fingerprint density at radius 2 is 2.28 bits per heavy atom. The van der Waals surface area contributed by atoms with Gasteiger partial charge in [0.15, 0.2) is 0 Å². The third-order valence-corrected chi connectivity index (χ3v) is 2.58. The second-order valence-corrected chi connectivity index (χ2v) is 3.60. The highest BCUT2D eigenvalue weighted by Gasteiger charge is 2.18. The maximum Gasteiger partial charge on any atom is 0.341 e. The summed E-state index contributed by atoms with van der Waals surface area (Å²) in [6, 6.07) is 3.37. The van der Waals surface area contributed by atoms with Crippen LogP contribution in [0.25, 0.3) is 5.52 Å². The zero-order valence-electron chi connectivity index (χ0n) is 10.2. The Morgan fingerprint density at radius 3 is 2.89 bits per heavy atom. The van der Waals surface area contributed by atoms with Crippen molar-refractivity contribution in [3.63, 3.8) is 0 Å². The van der Waals surface area contributed by atoms with Gasteiger partial charge in [-0.25, -0.2) is 4.79 Å². The minimum absolute atomic E-state index is 0.189. The minimum Gasteiger partial charge on any atom is -0.481 e. The van der Waals surface area contributed by atoms with Gasteiger partial charge in [0, 0.05) is 11.6 Å². The molecule has 0 amide bonds. The average molecular weight is 250 g/mol. The smallest absolute Gasteiger partial charge is 0.341 e. The molecule has 6 heteroatoms. The van der Waals surface area contributed by atoms with E-state index in [1.54, 1.807) is 19.1 Å². The summed E-state index contributed by atoms with van der Waals surface area (Å²) in [5, 5.41) is 13.4. The molecule has 0 aliphatic rings. The molecule has 2 rings (SSSR count). The van der Waals surface area contributed by atoms with Crippen molar-refractivity contribution in [3.05, 3.63) is 29.5 Å². The van der Waals surface area contributed by atoms with Crippen molar-refractivity contribution in [2.24, 2.45) is 0 Å². The Kier molecular flexibility index (Phi) is 3.47. The second kappa shape index (κ2) is 5.05. The van der Waals surface area contributed by atoms with E-state index < -0.39 is 5.97 Å². The number of aromatic nitrogens is 2. The first kappa shape index (κ1) is 12.4. The lowest BCUT2D eigenvalue weighted by molar-refractivity contribution is 0.0528. The standard InChI is InChI=1S/C12H14N2O4/c1-3-18-12(16)9-6-13-14-10(17-2)5-4-8(7-15)11(9)14/h4-6,15H,3,7H2,1-2H3. The second-order valence-electron chi connectivity index (χ2n) is 3.60. The van der Waals surface area contributed by atoms with Crippen molar-refractivity contribution in [2.75, 3.05) is 13.7 Å². The molecule has 6 nitrogen and oxygen atoms in total. The van der Waals surface area contributed by atoms with E-state index in [0.29, 0.717) is 22.5 Å². The summed E-state index contributed by atoms with van der Waals surface area (Å²) in [6.07, 6.45) is 1.41. The molecule has 0 fully saturated rings. The maximum absolute atomic E-state index is 11.8. The number of aliphatic hydroxyl groups is 1. The van der Waals surface area contributed by atoms with Crippen LogP contribution in [0.1, 0.15) is 22.8 Å². The molecule has 0 spiro atoms. The molecule has 2 aromatic heterocycles. The Labute approximate surface area is 104 Å². The molecule has 0 bridgehead atoms. The number of hydrogen-bond acceptors (Lipinski definition) is 5. The molecule has 0 radical (unpaired) electrons. The van der Waals surface area contributed by atoms with E-state index in [9.17, 15) is 9.90 Å². The van der Waals surface area contributed by atoms with Crippen molar-refractivity contribution < 1.29 is 19.4 Å². The summed E-state index contributed by atoms with van der Waals surface area (Å²) in [5.41, 5.74) is 1.42. The summed E-state index contributed by atoms with van der Waals surface area (Å²) in [7, 11) is 1.51. The molecule has 2 aromatic rings. The van der Waals surface area contributed by atoms with Gasteiger partial charge in [0.2, 0.25) is 5.88 Å². The first-order valence-electron chi connectivity index (χ1n) is 5.54. The molecule has 0 saturated heterocycles. The molecule has 2 heterocycles. The van der Waals surface area contributed by atoms with E-state index in [2.05, 4.69) is 5.10 Å². The first-order valence-corrected chi connectivity index (χ1v) is 5.54. The molecule has 96 valence electrons. The largest absolute Gasteiger partial charge is 0.481 e. The van der Waals surface area contributed by atoms with Crippen LogP contribution < -0.4 is 4.74 Å². The molecule has 0 atom stereocenters. The monoisotopic (exact) mass is 250 g/mol. The summed E-state index contributed by atoms with van der Waals surface area (Å²) >= 11 is 0. The molecule has 0 aromatic carbocycles. The van der Waals surface area contributed by atoms with Crippen LogP contribution in [-0.4, -0.2) is 34.4 Å². The van der Waals surface area contributed by atoms with Crippen LogP contribution in [0.15, 0.2) is 18.3 Å². The van der Waals surface area contributed by atoms with E-state index in [1.165, 1.54) is 17.8 Å². The van der Waals surface area contributed by atoms with Crippen molar-refractivity contribution in [1.82, 2.24) is 9.61 Å². The SMILES string of the molecule is CCOC(=O)c1cnn2c(OC)ccc(CO)c12. The number of aliphatic hydroxyl groups excluding tert-OH is 1. The van der Waals surface area contributed by atoms with E-state index in [1.807, 2.05) is 0 Å². The predicted octanol–water partition coefficient (Wildman–Crippen LogP) is 1.01. The van der Waals surface area contributed by atoms with Gasteiger partial charge < -0.3 is 14.6 Å². The van der Waals surface area contributed by atoms with Crippen molar-refractivity contribution in [1.29, 1.82) is 0 Å². The minimum atomic E-state index is -0.463. The molecular weight excluding hydrogens is 236 g/mol. The first-order chi connectivity index (χ1) is 8.72. The zero-order chi connectivity index (χ0) is 13.1. The van der Waals surface area contributed by atoms with Gasteiger partial charge in [-0.3, -0.25) is 0 Å². The van der Waals surface area contributed by atoms with Gasteiger partial charge in [0.1, 0.15) is 5.56 Å². The summed E-state index contributed by atoms with van der Waals surface area (Å²) in [6.45, 7) is 1.83. The van der Waals surface area contributed by atoms with Crippen LogP contribution in [0.3, 0.4) is 0 Å². The summed E-state index contributed by atoms with van der Waals surface area (Å²) in [5.74, 6) is 0.0215. The van der Waals surface area contributed by atoms with Crippen LogP contribution in [0, 0.1) is 0 Å². The van der Waals surface area contributed by atoms with Gasteiger partial charge in [0.25, 0.3) is 0 Å². The summed E-state index contributed by atoms with van der Waals surface area (Å²) < 4.78 is 11.6. The molecule has 0 aliphatic heterocycles. The Morgan fingerprint density at radius 1 is 1.50 bits per heavy atom. The normalized spacial score (nSPS) is 10.6. The number of rotatable bonds is 4. The number of nitrogens with zero attached hydrogens (tertiary/aromatic N) is 2. The lowest BCUT2D eigenvalue weighted by Gasteiger charge is -2.07. The molecule has 18 heavy (non-hydrogen) atoms. The Hall–Kier alpha value is -2.08. The molecule has 1 N–H and O–H groups in total. The van der Waals surface area contributed by atoms with E-state index in [0.717, 1.165) is 0 Å². The number of carbonyl (C=O) groups is 1. The number of fused-ring (bicyclic) bond motifs is 1. The Bertz CT molecular complexity index is 577. The third-order valence-electron chi connectivity index (χ3n) is 2.58. The van der Waals surface area contributed by atoms with Crippen molar-refractivity contribution in [3.8, 4) is 5.88 Å². The fraction of sp³-hybridized carbons (Fsp3) is 0.333. The number of hydrogen-bond donors (Lipinski definition) is 1. The van der Waals surface area contributed by atoms with E-state index in [-0.39, 0.29) is 13.2 Å². The van der Waals surface area contributed by atoms with Gasteiger partial charge in [-0.15, -0.1) is 0 Å². The lowest BCUT2D eigenvalue weighted by atomic mass is 10.1. The highest BCUT2D eigenvalue weighted by atomic mass is 16.5. The van der Waals surface area contributed by atoms with Gasteiger partial charge in [-0.2, -0.15) is 9.61 Å². The number of ether oxygens (including phenoxy) is 2. The number of methoxy groups -OCH3 is 1. The lowest BCUT2D eigenvalue weighted by Crippen LogP contribution is -2.06. The fourth-order valence-electron chi connectivity index (χ4n) is 1.79. The zero-order valence-corrected chi connectivity index (χ0v) is 10.2. The van der Waals surface area contributed by atoms with Crippen LogP contribution in [0.2, 0.25) is 0 Å². The van der Waals surface area contributed by atoms with Crippen molar-refractivity contribution in [2.45, 2.75) is 13.5 Å². The van der Waals surface area contributed by atoms with E-state index >= 15 is 0 Å². The third kappa shape index (κ3) is 1.91. The molecule has 0 aliphatic carbocycles. The highest BCUT2D eigenvalue weighted by Crippen LogP contribution is 2.22. The van der Waals surface area contributed by atoms with Crippen LogP contribution in [0.4, 0.5) is 0 Å². The van der Waals surface area contributed by atoms with Crippen LogP contribution in [-0.2, 0) is 11.3 Å². The van der Waals surface area contributed by atoms with Gasteiger partial charge in [-0.05, 0) is 13.0 Å². The quantitative estimate of drug-likeness (QED) is 0.820. The summed E-state index contributed by atoms with van der Waals surface area (Å²) in [4.78, 5) is 11.8. The number of esters is 1. The molecule has 0 unspecified atom stereocenters. The number of pyridine rings is 1. The van der Waals surface area contributed by atoms with E-state index in [4.69, 9.17) is 9.47 Å². The predicted molar refractivity (Wildman–Crippen MR) is 63.6 cm³/mol.